The van der Waals surface area contributed by atoms with Crippen LogP contribution in [0.1, 0.15) is 33.6 Å². The highest BCUT2D eigenvalue weighted by Crippen LogP contribution is 2.53. The molecule has 2 aromatic rings. The molecule has 3 amide bonds. The summed E-state index contributed by atoms with van der Waals surface area (Å²) in [6.45, 7) is 0. The minimum absolute atomic E-state index is 0.00499. The van der Waals surface area contributed by atoms with E-state index in [1.54, 1.807) is 12.1 Å². The van der Waals surface area contributed by atoms with Crippen molar-refractivity contribution in [2.24, 2.45) is 23.7 Å². The Morgan fingerprint density at radius 3 is 2.03 bits per heavy atom. The van der Waals surface area contributed by atoms with Crippen LogP contribution in [0.3, 0.4) is 0 Å². The number of ketones is 1. The first-order valence-electron chi connectivity index (χ1n) is 11.4. The Morgan fingerprint density at radius 1 is 0.889 bits per heavy atom. The number of Topliss-reactive ketones (excluding diaryl/α,β-unsaturated/α-hetero) is 1. The van der Waals surface area contributed by atoms with Crippen LogP contribution in [-0.2, 0) is 9.59 Å². The van der Waals surface area contributed by atoms with E-state index in [2.05, 4.69) is 0 Å². The van der Waals surface area contributed by atoms with Gasteiger partial charge in [-0.2, -0.15) is 5.01 Å². The van der Waals surface area contributed by atoms with Gasteiger partial charge in [0.05, 0.1) is 21.9 Å². The van der Waals surface area contributed by atoms with Crippen molar-refractivity contribution in [1.82, 2.24) is 10.0 Å². The summed E-state index contributed by atoms with van der Waals surface area (Å²) in [5.41, 5.74) is 0.342. The molecule has 2 aliphatic carbocycles. The van der Waals surface area contributed by atoms with Gasteiger partial charge in [0, 0.05) is 22.0 Å². The van der Waals surface area contributed by atoms with E-state index in [-0.39, 0.29) is 45.3 Å². The van der Waals surface area contributed by atoms with Crippen LogP contribution >= 0.6 is 46.4 Å². The van der Waals surface area contributed by atoms with Crippen LogP contribution < -0.4 is 0 Å². The number of carbonyl (C=O) groups excluding carboxylic acids is 4. The van der Waals surface area contributed by atoms with Crippen LogP contribution in [0.5, 0.6) is 0 Å². The number of halogens is 4. The van der Waals surface area contributed by atoms with Gasteiger partial charge in [-0.05, 0) is 67.1 Å². The molecule has 2 bridgehead atoms. The summed E-state index contributed by atoms with van der Waals surface area (Å²) in [4.78, 5) is 55.0. The van der Waals surface area contributed by atoms with Crippen molar-refractivity contribution in [2.45, 2.75) is 18.9 Å². The fraction of sp³-hybridized carbons (Fsp3) is 0.308. The van der Waals surface area contributed by atoms with E-state index in [0.717, 1.165) is 16.4 Å². The summed E-state index contributed by atoms with van der Waals surface area (Å²) in [5, 5.41) is 2.64. The van der Waals surface area contributed by atoms with Gasteiger partial charge < -0.3 is 0 Å². The van der Waals surface area contributed by atoms with Crippen molar-refractivity contribution < 1.29 is 19.2 Å². The summed E-state index contributed by atoms with van der Waals surface area (Å²) in [5.74, 6) is -3.42. The first-order chi connectivity index (χ1) is 17.2. The Hall–Kier alpha value is -2.38. The Morgan fingerprint density at radius 2 is 1.47 bits per heavy atom. The maximum atomic E-state index is 13.9. The summed E-state index contributed by atoms with van der Waals surface area (Å²) in [6.07, 6.45) is 4.66. The zero-order valence-corrected chi connectivity index (χ0v) is 21.8. The second-order valence-corrected chi connectivity index (χ2v) is 10.8. The lowest BCUT2D eigenvalue weighted by molar-refractivity contribution is -0.157. The van der Waals surface area contributed by atoms with E-state index >= 15 is 0 Å². The van der Waals surface area contributed by atoms with E-state index < -0.39 is 41.4 Å². The van der Waals surface area contributed by atoms with Crippen molar-refractivity contribution in [2.75, 3.05) is 5.88 Å². The highest BCUT2D eigenvalue weighted by Gasteiger charge is 2.62. The third kappa shape index (κ3) is 4.14. The maximum absolute atomic E-state index is 13.9. The highest BCUT2D eigenvalue weighted by molar-refractivity contribution is 6.42. The number of alkyl halides is 1. The molecule has 2 aromatic carbocycles. The molecule has 1 aliphatic heterocycles. The lowest BCUT2D eigenvalue weighted by Crippen LogP contribution is -2.58. The Balaban J connectivity index is 1.60. The molecular weight excluding hydrogens is 546 g/mol. The van der Waals surface area contributed by atoms with Gasteiger partial charge >= 0.3 is 0 Å². The number of rotatable bonds is 7. The SMILES string of the molecule is O=C(c1ccc(Cl)cc1)[C@@H](CCCl)N(C(=O)c1ccc(Cl)c(Cl)c1)N1C(=O)[C@@H]2[C@H](C1=O)[C@H]1C=C[C@H]2C1. The Bertz CT molecular complexity index is 1270. The van der Waals surface area contributed by atoms with Gasteiger partial charge in [0.1, 0.15) is 6.04 Å². The molecular formula is C26H20Cl4N2O4. The largest absolute Gasteiger partial charge is 0.292 e. The first-order valence-corrected chi connectivity index (χ1v) is 13.1. The van der Waals surface area contributed by atoms with E-state index in [1.165, 1.54) is 30.3 Å². The predicted molar refractivity (Wildman–Crippen MR) is 137 cm³/mol. The van der Waals surface area contributed by atoms with Crippen molar-refractivity contribution in [3.63, 3.8) is 0 Å². The number of nitrogens with zero attached hydrogens (tertiary/aromatic N) is 2. The monoisotopic (exact) mass is 564 g/mol. The average Bonchev–Trinajstić information content (AvgIpc) is 3.55. The van der Waals surface area contributed by atoms with Crippen molar-refractivity contribution in [1.29, 1.82) is 0 Å². The second-order valence-electron chi connectivity index (χ2n) is 9.13. The molecule has 0 unspecified atom stereocenters. The smallest absolute Gasteiger partial charge is 0.273 e. The number of allylic oxidation sites excluding steroid dienone is 2. The topological polar surface area (TPSA) is 74.8 Å². The number of hydrogen-bond donors (Lipinski definition) is 0. The van der Waals surface area contributed by atoms with Gasteiger partial charge in [0.2, 0.25) is 0 Å². The van der Waals surface area contributed by atoms with Crippen LogP contribution in [0.25, 0.3) is 0 Å². The molecule has 186 valence electrons. The fourth-order valence-electron chi connectivity index (χ4n) is 5.51. The van der Waals surface area contributed by atoms with Crippen LogP contribution in [0, 0.1) is 23.7 Å². The molecule has 0 aromatic heterocycles. The summed E-state index contributed by atoms with van der Waals surface area (Å²) >= 11 is 24.3. The van der Waals surface area contributed by atoms with E-state index in [9.17, 15) is 19.2 Å². The van der Waals surface area contributed by atoms with Gasteiger partial charge in [-0.15, -0.1) is 11.6 Å². The molecule has 0 spiro atoms. The number of carbonyl (C=O) groups is 4. The number of hydrogen-bond acceptors (Lipinski definition) is 4. The lowest BCUT2D eigenvalue weighted by Gasteiger charge is -2.36. The summed E-state index contributed by atoms with van der Waals surface area (Å²) in [7, 11) is 0. The maximum Gasteiger partial charge on any atom is 0.273 e. The normalized spacial score (nSPS) is 24.8. The zero-order valence-electron chi connectivity index (χ0n) is 18.7. The van der Waals surface area contributed by atoms with Crippen LogP contribution in [0.4, 0.5) is 0 Å². The summed E-state index contributed by atoms with van der Waals surface area (Å²) < 4.78 is 0. The van der Waals surface area contributed by atoms with Crippen LogP contribution in [-0.4, -0.2) is 45.4 Å². The minimum Gasteiger partial charge on any atom is -0.292 e. The molecule has 1 heterocycles. The second kappa shape index (κ2) is 9.82. The van der Waals surface area contributed by atoms with Crippen molar-refractivity contribution >= 4 is 69.9 Å². The predicted octanol–water partition coefficient (Wildman–Crippen LogP) is 5.69. The lowest BCUT2D eigenvalue weighted by atomic mass is 9.85. The molecule has 6 nitrogen and oxygen atoms in total. The van der Waals surface area contributed by atoms with Crippen LogP contribution in [0.15, 0.2) is 54.6 Å². The summed E-state index contributed by atoms with van der Waals surface area (Å²) in [6, 6.07) is 9.17. The number of imide groups is 1. The standard InChI is InChI=1S/C26H20Cl4N2O4/c27-10-9-20(23(33)13-3-6-17(28)7-4-13)31(24(34)16-5-8-18(29)19(30)12-16)32-25(35)21-14-1-2-15(11-14)22(21)26(32)36/h1-8,12,14-15,20-22H,9-11H2/t14-,15-,20+,21-,22+/m0/s1. The van der Waals surface area contributed by atoms with Crippen molar-refractivity contribution in [3.8, 4) is 0 Å². The molecule has 0 radical (unpaired) electrons. The fourth-order valence-corrected chi connectivity index (χ4v) is 6.14. The first kappa shape index (κ1) is 25.3. The highest BCUT2D eigenvalue weighted by atomic mass is 35.5. The molecule has 3 aliphatic rings. The van der Waals surface area contributed by atoms with Gasteiger partial charge in [0.15, 0.2) is 5.78 Å². The molecule has 5 atom stereocenters. The molecule has 5 rings (SSSR count). The molecule has 36 heavy (non-hydrogen) atoms. The average molecular weight is 566 g/mol. The van der Waals surface area contributed by atoms with E-state index in [4.69, 9.17) is 46.4 Å². The number of fused-ring (bicyclic) bond motifs is 5. The minimum atomic E-state index is -1.22. The van der Waals surface area contributed by atoms with E-state index in [0.29, 0.717) is 5.02 Å². The molecule has 1 saturated heterocycles. The molecule has 2 fully saturated rings. The number of benzene rings is 2. The van der Waals surface area contributed by atoms with Crippen LogP contribution in [0.2, 0.25) is 15.1 Å². The molecule has 10 heteroatoms. The number of hydrazine groups is 1. The van der Waals surface area contributed by atoms with Crippen molar-refractivity contribution in [3.05, 3.63) is 80.8 Å². The van der Waals surface area contributed by atoms with Gasteiger partial charge in [-0.3, -0.25) is 19.2 Å². The molecule has 1 saturated carbocycles. The van der Waals surface area contributed by atoms with Gasteiger partial charge in [-0.1, -0.05) is 47.0 Å². The third-order valence-electron chi connectivity index (χ3n) is 7.15. The zero-order chi connectivity index (χ0) is 25.7. The van der Waals surface area contributed by atoms with Gasteiger partial charge in [0.25, 0.3) is 17.7 Å². The molecule has 0 N–H and O–H groups in total. The van der Waals surface area contributed by atoms with Gasteiger partial charge in [-0.25, -0.2) is 5.01 Å². The Kier molecular flexibility index (Phi) is 6.90. The third-order valence-corrected chi connectivity index (χ3v) is 8.36. The Labute approximate surface area is 227 Å². The van der Waals surface area contributed by atoms with E-state index in [1.807, 2.05) is 12.2 Å². The number of amides is 3. The quantitative estimate of drug-likeness (QED) is 0.187.